The number of hydrogen-bond acceptors (Lipinski definition) is 3. The Bertz CT molecular complexity index is 406. The Hall–Kier alpha value is -0.900. The topological polar surface area (TPSA) is 40.6 Å². The van der Waals surface area contributed by atoms with Crippen molar-refractivity contribution in [1.29, 1.82) is 0 Å². The van der Waals surface area contributed by atoms with Gasteiger partial charge in [0.15, 0.2) is 0 Å². The minimum absolute atomic E-state index is 0.300. The monoisotopic (exact) mass is 336 g/mol. The van der Waals surface area contributed by atoms with Gasteiger partial charge in [-0.25, -0.2) is 0 Å². The first kappa shape index (κ1) is 19.4. The summed E-state index contributed by atoms with van der Waals surface area (Å²) in [5, 5.41) is 0. The van der Waals surface area contributed by atoms with E-state index in [1.165, 1.54) is 0 Å². The van der Waals surface area contributed by atoms with Gasteiger partial charge in [0.2, 0.25) is 5.91 Å². The van der Waals surface area contributed by atoms with Crippen molar-refractivity contribution >= 4 is 11.7 Å². The molecule has 2 heterocycles. The fraction of sp³-hybridized carbons (Fsp3) is 0.900. The van der Waals surface area contributed by atoms with E-state index >= 15 is 0 Å². The number of Topliss-reactive ketones (excluding diaryl/α,β-unsaturated/α-hetero) is 1. The van der Waals surface area contributed by atoms with E-state index in [1.54, 1.807) is 0 Å². The molecule has 4 nitrogen and oxygen atoms in total. The Morgan fingerprint density at radius 1 is 1.00 bits per heavy atom. The average molecular weight is 337 g/mol. The van der Waals surface area contributed by atoms with Crippen molar-refractivity contribution in [3.05, 3.63) is 0 Å². The lowest BCUT2D eigenvalue weighted by atomic mass is 9.89. The van der Waals surface area contributed by atoms with E-state index < -0.39 is 0 Å². The number of nitrogens with zero attached hydrogens (tertiary/aromatic N) is 2. The van der Waals surface area contributed by atoms with Gasteiger partial charge in [0, 0.05) is 37.9 Å². The fourth-order valence-corrected chi connectivity index (χ4v) is 4.18. The summed E-state index contributed by atoms with van der Waals surface area (Å²) >= 11 is 0. The van der Waals surface area contributed by atoms with Crippen LogP contribution in [0.5, 0.6) is 0 Å². The Labute approximate surface area is 148 Å². The number of rotatable bonds is 7. The molecule has 138 valence electrons. The smallest absolute Gasteiger partial charge is 0.222 e. The van der Waals surface area contributed by atoms with Gasteiger partial charge in [0.1, 0.15) is 5.78 Å². The Balaban J connectivity index is 1.68. The number of hydrogen-bond donors (Lipinski definition) is 0. The normalized spacial score (nSPS) is 21.4. The van der Waals surface area contributed by atoms with Crippen LogP contribution in [0, 0.1) is 11.8 Å². The summed E-state index contributed by atoms with van der Waals surface area (Å²) in [6.45, 7) is 10.4. The Morgan fingerprint density at radius 3 is 2.17 bits per heavy atom. The van der Waals surface area contributed by atoms with Crippen molar-refractivity contribution < 1.29 is 9.59 Å². The predicted octanol–water partition coefficient (Wildman–Crippen LogP) is 3.49. The number of carbonyl (C=O) groups excluding carboxylic acids is 2. The first-order valence-electron chi connectivity index (χ1n) is 10.1. The molecule has 2 aliphatic rings. The maximum absolute atomic E-state index is 12.3. The molecule has 2 rings (SSSR count). The molecule has 0 aromatic heterocycles. The lowest BCUT2D eigenvalue weighted by molar-refractivity contribution is -0.133. The third-order valence-electron chi connectivity index (χ3n) is 5.84. The number of likely N-dealkylation sites (tertiary alicyclic amines) is 2. The maximum atomic E-state index is 12.3. The standard InChI is InChI=1S/C20H36N2O2/c1-4-19(23)17-8-12-21(13-9-17)18-10-14-22(15-11-18)20(24)7-5-6-16(2)3/h16-18H,4-15H2,1-3H3. The largest absolute Gasteiger partial charge is 0.343 e. The number of piperidine rings is 2. The fourth-order valence-electron chi connectivity index (χ4n) is 4.18. The molecular formula is C20H36N2O2. The van der Waals surface area contributed by atoms with Crippen molar-refractivity contribution in [1.82, 2.24) is 9.80 Å². The van der Waals surface area contributed by atoms with E-state index in [2.05, 4.69) is 23.6 Å². The molecule has 0 atom stereocenters. The molecule has 0 saturated carbocycles. The zero-order valence-corrected chi connectivity index (χ0v) is 15.9. The van der Waals surface area contributed by atoms with Crippen LogP contribution in [0.3, 0.4) is 0 Å². The maximum Gasteiger partial charge on any atom is 0.222 e. The van der Waals surface area contributed by atoms with Crippen molar-refractivity contribution in [2.45, 2.75) is 78.2 Å². The molecule has 0 unspecified atom stereocenters. The van der Waals surface area contributed by atoms with Crippen molar-refractivity contribution in [3.63, 3.8) is 0 Å². The molecular weight excluding hydrogens is 300 g/mol. The summed E-state index contributed by atoms with van der Waals surface area (Å²) < 4.78 is 0. The number of ketones is 1. The highest BCUT2D eigenvalue weighted by atomic mass is 16.2. The lowest BCUT2D eigenvalue weighted by Gasteiger charge is -2.41. The van der Waals surface area contributed by atoms with E-state index in [4.69, 9.17) is 0 Å². The van der Waals surface area contributed by atoms with E-state index in [0.29, 0.717) is 42.4 Å². The highest BCUT2D eigenvalue weighted by molar-refractivity contribution is 5.80. The first-order chi connectivity index (χ1) is 11.5. The molecule has 0 aromatic carbocycles. The van der Waals surface area contributed by atoms with Gasteiger partial charge in [0.05, 0.1) is 0 Å². The molecule has 1 amide bonds. The zero-order chi connectivity index (χ0) is 17.5. The van der Waals surface area contributed by atoms with Crippen LogP contribution in [-0.2, 0) is 9.59 Å². The van der Waals surface area contributed by atoms with Crippen molar-refractivity contribution in [2.75, 3.05) is 26.2 Å². The summed E-state index contributed by atoms with van der Waals surface area (Å²) in [6.07, 6.45) is 7.82. The zero-order valence-electron chi connectivity index (χ0n) is 15.9. The van der Waals surface area contributed by atoms with Crippen LogP contribution in [-0.4, -0.2) is 53.7 Å². The molecule has 0 bridgehead atoms. The van der Waals surface area contributed by atoms with Crippen LogP contribution >= 0.6 is 0 Å². The molecule has 2 aliphatic heterocycles. The van der Waals surface area contributed by atoms with E-state index in [-0.39, 0.29) is 0 Å². The summed E-state index contributed by atoms with van der Waals surface area (Å²) in [6, 6.07) is 0.613. The van der Waals surface area contributed by atoms with Crippen molar-refractivity contribution in [3.8, 4) is 0 Å². The Morgan fingerprint density at radius 2 is 1.62 bits per heavy atom. The molecule has 0 N–H and O–H groups in total. The van der Waals surface area contributed by atoms with E-state index in [9.17, 15) is 9.59 Å². The van der Waals surface area contributed by atoms with Crippen LogP contribution in [0.2, 0.25) is 0 Å². The third kappa shape index (κ3) is 5.58. The molecule has 24 heavy (non-hydrogen) atoms. The molecule has 0 aromatic rings. The molecule has 2 fully saturated rings. The summed E-state index contributed by atoms with van der Waals surface area (Å²) in [7, 11) is 0. The first-order valence-corrected chi connectivity index (χ1v) is 10.1. The summed E-state index contributed by atoms with van der Waals surface area (Å²) in [5.41, 5.74) is 0. The molecule has 4 heteroatoms. The highest BCUT2D eigenvalue weighted by Gasteiger charge is 2.30. The van der Waals surface area contributed by atoms with Gasteiger partial charge >= 0.3 is 0 Å². The molecule has 2 saturated heterocycles. The van der Waals surface area contributed by atoms with Gasteiger partial charge in [-0.3, -0.25) is 9.59 Å². The van der Waals surface area contributed by atoms with Crippen molar-refractivity contribution in [2.24, 2.45) is 11.8 Å². The summed E-state index contributed by atoms with van der Waals surface area (Å²) in [4.78, 5) is 28.8. The predicted molar refractivity (Wildman–Crippen MR) is 97.9 cm³/mol. The lowest BCUT2D eigenvalue weighted by Crippen LogP contribution is -2.49. The van der Waals surface area contributed by atoms with Gasteiger partial charge in [-0.1, -0.05) is 27.2 Å². The minimum Gasteiger partial charge on any atom is -0.343 e. The second-order valence-electron chi connectivity index (χ2n) is 8.03. The van der Waals surface area contributed by atoms with Crippen LogP contribution in [0.25, 0.3) is 0 Å². The second-order valence-corrected chi connectivity index (χ2v) is 8.03. The van der Waals surface area contributed by atoms with Gasteiger partial charge in [-0.2, -0.15) is 0 Å². The number of carbonyl (C=O) groups is 2. The number of amides is 1. The van der Waals surface area contributed by atoms with Gasteiger partial charge in [-0.05, 0) is 51.1 Å². The second kappa shape index (κ2) is 9.55. The SMILES string of the molecule is CCC(=O)C1CCN(C2CCN(C(=O)CCCC(C)C)CC2)CC1. The minimum atomic E-state index is 0.300. The van der Waals surface area contributed by atoms with E-state index in [0.717, 1.165) is 64.7 Å². The quantitative estimate of drug-likeness (QED) is 0.714. The van der Waals surface area contributed by atoms with Crippen LogP contribution < -0.4 is 0 Å². The average Bonchev–Trinajstić information content (AvgIpc) is 2.61. The van der Waals surface area contributed by atoms with Gasteiger partial charge < -0.3 is 9.80 Å². The molecule has 0 spiro atoms. The molecule has 0 radical (unpaired) electrons. The Kier molecular flexibility index (Phi) is 7.73. The highest BCUT2D eigenvalue weighted by Crippen LogP contribution is 2.25. The van der Waals surface area contributed by atoms with Crippen LogP contribution in [0.1, 0.15) is 72.1 Å². The summed E-state index contributed by atoms with van der Waals surface area (Å²) in [5.74, 6) is 1.78. The van der Waals surface area contributed by atoms with E-state index in [1.807, 2.05) is 6.92 Å². The van der Waals surface area contributed by atoms with Gasteiger partial charge in [0.25, 0.3) is 0 Å². The third-order valence-corrected chi connectivity index (χ3v) is 5.84. The van der Waals surface area contributed by atoms with Crippen LogP contribution in [0.4, 0.5) is 0 Å². The van der Waals surface area contributed by atoms with Gasteiger partial charge in [-0.15, -0.1) is 0 Å². The molecule has 0 aliphatic carbocycles. The van der Waals surface area contributed by atoms with Crippen LogP contribution in [0.15, 0.2) is 0 Å².